The first-order valence-electron chi connectivity index (χ1n) is 7.92. The Kier molecular flexibility index (Phi) is 5.66. The Bertz CT molecular complexity index is 920. The molecule has 0 aliphatic rings. The van der Waals surface area contributed by atoms with Gasteiger partial charge < -0.3 is 9.47 Å². The summed E-state index contributed by atoms with van der Waals surface area (Å²) in [5.74, 6) is 1.02. The number of methoxy groups -OCH3 is 2. The summed E-state index contributed by atoms with van der Waals surface area (Å²) in [5.41, 5.74) is 1.91. The normalized spacial score (nSPS) is 10.7. The lowest BCUT2D eigenvalue weighted by Crippen LogP contribution is -2.07. The molecule has 26 heavy (non-hydrogen) atoms. The molecule has 1 N–H and O–H groups in total. The lowest BCUT2D eigenvalue weighted by Gasteiger charge is -2.07. The molecule has 6 heteroatoms. The van der Waals surface area contributed by atoms with E-state index in [0.29, 0.717) is 16.6 Å². The largest absolute Gasteiger partial charge is 0.493 e. The van der Waals surface area contributed by atoms with Crippen molar-refractivity contribution < 1.29 is 14.3 Å². The van der Waals surface area contributed by atoms with E-state index >= 15 is 0 Å². The van der Waals surface area contributed by atoms with Crippen LogP contribution in [0.15, 0.2) is 60.8 Å². The molecule has 0 aliphatic carbocycles. The highest BCUT2D eigenvalue weighted by atomic mass is 32.1. The van der Waals surface area contributed by atoms with E-state index in [4.69, 9.17) is 9.47 Å². The van der Waals surface area contributed by atoms with Crippen LogP contribution in [-0.2, 0) is 4.79 Å². The summed E-state index contributed by atoms with van der Waals surface area (Å²) in [6, 6.07) is 15.4. The molecule has 0 bridgehead atoms. The first kappa shape index (κ1) is 17.7. The summed E-state index contributed by atoms with van der Waals surface area (Å²) in [4.78, 5) is 17.4. The quantitative estimate of drug-likeness (QED) is 0.654. The molecule has 0 radical (unpaired) electrons. The lowest BCUT2D eigenvalue weighted by atomic mass is 10.2. The number of anilines is 1. The van der Waals surface area contributed by atoms with Gasteiger partial charge in [-0.15, -0.1) is 0 Å². The third-order valence-corrected chi connectivity index (χ3v) is 4.59. The molecule has 1 aromatic heterocycles. The van der Waals surface area contributed by atoms with E-state index < -0.39 is 0 Å². The van der Waals surface area contributed by atoms with Gasteiger partial charge in [-0.25, -0.2) is 4.98 Å². The molecule has 0 aliphatic heterocycles. The predicted octanol–water partition coefficient (Wildman–Crippen LogP) is 4.48. The van der Waals surface area contributed by atoms with Crippen LogP contribution in [0, 0.1) is 0 Å². The first-order chi connectivity index (χ1) is 12.7. The summed E-state index contributed by atoms with van der Waals surface area (Å²) in [6.07, 6.45) is 4.93. The van der Waals surface area contributed by atoms with Gasteiger partial charge in [-0.05, 0) is 29.3 Å². The van der Waals surface area contributed by atoms with Crippen molar-refractivity contribution in [2.75, 3.05) is 19.5 Å². The zero-order chi connectivity index (χ0) is 18.4. The van der Waals surface area contributed by atoms with E-state index in [1.807, 2.05) is 36.4 Å². The molecule has 0 spiro atoms. The molecule has 5 nitrogen and oxygen atoms in total. The van der Waals surface area contributed by atoms with Gasteiger partial charge in [0.1, 0.15) is 0 Å². The number of amides is 1. The van der Waals surface area contributed by atoms with Gasteiger partial charge >= 0.3 is 0 Å². The van der Waals surface area contributed by atoms with Gasteiger partial charge in [-0.2, -0.15) is 0 Å². The second-order valence-electron chi connectivity index (χ2n) is 5.33. The second kappa shape index (κ2) is 8.31. The Morgan fingerprint density at radius 1 is 1.08 bits per heavy atom. The molecule has 3 rings (SSSR count). The van der Waals surface area contributed by atoms with Crippen molar-refractivity contribution in [1.29, 1.82) is 0 Å². The summed E-state index contributed by atoms with van der Waals surface area (Å²) in [6.45, 7) is 0. The molecule has 0 saturated carbocycles. The molecular formula is C20H18N2O3S. The maximum absolute atomic E-state index is 12.1. The minimum atomic E-state index is -0.242. The molecule has 3 aromatic rings. The highest BCUT2D eigenvalue weighted by Crippen LogP contribution is 2.29. The molecular weight excluding hydrogens is 348 g/mol. The summed E-state index contributed by atoms with van der Waals surface area (Å²) in [7, 11) is 3.16. The van der Waals surface area contributed by atoms with E-state index in [2.05, 4.69) is 10.3 Å². The summed E-state index contributed by atoms with van der Waals surface area (Å²) < 4.78 is 10.5. The van der Waals surface area contributed by atoms with Crippen LogP contribution in [0.5, 0.6) is 11.5 Å². The Morgan fingerprint density at radius 2 is 1.85 bits per heavy atom. The van der Waals surface area contributed by atoms with E-state index in [1.165, 1.54) is 17.4 Å². The molecule has 0 fully saturated rings. The topological polar surface area (TPSA) is 60.5 Å². The van der Waals surface area contributed by atoms with Crippen molar-refractivity contribution in [2.24, 2.45) is 0 Å². The standard InChI is InChI=1S/C20H18N2O3S/c1-24-16-10-8-14(12-17(16)25-2)9-11-19(23)22-20-21-13-18(26-20)15-6-4-3-5-7-15/h3-13H,1-2H3,(H,21,22,23)/b11-9+. The Balaban J connectivity index is 1.66. The molecule has 0 atom stereocenters. The van der Waals surface area contributed by atoms with Gasteiger partial charge in [0.2, 0.25) is 5.91 Å². The smallest absolute Gasteiger partial charge is 0.250 e. The van der Waals surface area contributed by atoms with E-state index in [9.17, 15) is 4.79 Å². The first-order valence-corrected chi connectivity index (χ1v) is 8.73. The predicted molar refractivity (Wildman–Crippen MR) is 105 cm³/mol. The van der Waals surface area contributed by atoms with E-state index in [1.54, 1.807) is 38.6 Å². The third kappa shape index (κ3) is 4.29. The SMILES string of the molecule is COc1ccc(/C=C/C(=O)Nc2ncc(-c3ccccc3)s2)cc1OC. The van der Waals surface area contributed by atoms with Crippen molar-refractivity contribution in [3.05, 3.63) is 66.4 Å². The van der Waals surface area contributed by atoms with Gasteiger partial charge in [0.15, 0.2) is 16.6 Å². The highest BCUT2D eigenvalue weighted by molar-refractivity contribution is 7.19. The van der Waals surface area contributed by atoms with Gasteiger partial charge in [0.05, 0.1) is 19.1 Å². The number of ether oxygens (including phenoxy) is 2. The zero-order valence-corrected chi connectivity index (χ0v) is 15.2. The molecule has 132 valence electrons. The lowest BCUT2D eigenvalue weighted by molar-refractivity contribution is -0.111. The number of carbonyl (C=O) groups excluding carboxylic acids is 1. The van der Waals surface area contributed by atoms with E-state index in [0.717, 1.165) is 16.0 Å². The van der Waals surface area contributed by atoms with Crippen molar-refractivity contribution in [1.82, 2.24) is 4.98 Å². The number of rotatable bonds is 6. The van der Waals surface area contributed by atoms with Crippen molar-refractivity contribution in [3.8, 4) is 21.9 Å². The number of nitrogens with one attached hydrogen (secondary N) is 1. The fourth-order valence-corrected chi connectivity index (χ4v) is 3.17. The highest BCUT2D eigenvalue weighted by Gasteiger charge is 2.07. The Morgan fingerprint density at radius 3 is 2.58 bits per heavy atom. The van der Waals surface area contributed by atoms with Crippen LogP contribution in [0.1, 0.15) is 5.56 Å². The van der Waals surface area contributed by atoms with Crippen molar-refractivity contribution in [2.45, 2.75) is 0 Å². The zero-order valence-electron chi connectivity index (χ0n) is 14.4. The average Bonchev–Trinajstić information content (AvgIpc) is 3.15. The molecule has 1 heterocycles. The van der Waals surface area contributed by atoms with Crippen LogP contribution in [-0.4, -0.2) is 25.1 Å². The number of hydrogen-bond acceptors (Lipinski definition) is 5. The van der Waals surface area contributed by atoms with Crippen LogP contribution < -0.4 is 14.8 Å². The fourth-order valence-electron chi connectivity index (χ4n) is 2.34. The number of nitrogens with zero attached hydrogens (tertiary/aromatic N) is 1. The third-order valence-electron chi connectivity index (χ3n) is 3.63. The number of carbonyl (C=O) groups is 1. The van der Waals surface area contributed by atoms with Crippen molar-refractivity contribution >= 4 is 28.5 Å². The van der Waals surface area contributed by atoms with Gasteiger partial charge in [0, 0.05) is 12.3 Å². The van der Waals surface area contributed by atoms with Gasteiger partial charge in [-0.1, -0.05) is 47.7 Å². The van der Waals surface area contributed by atoms with Crippen LogP contribution >= 0.6 is 11.3 Å². The van der Waals surface area contributed by atoms with Crippen LogP contribution in [0.25, 0.3) is 16.5 Å². The Hall–Kier alpha value is -3.12. The minimum absolute atomic E-state index is 0.242. The minimum Gasteiger partial charge on any atom is -0.493 e. The van der Waals surface area contributed by atoms with Crippen LogP contribution in [0.2, 0.25) is 0 Å². The summed E-state index contributed by atoms with van der Waals surface area (Å²) in [5, 5.41) is 3.34. The molecule has 2 aromatic carbocycles. The molecule has 1 amide bonds. The summed E-state index contributed by atoms with van der Waals surface area (Å²) >= 11 is 1.43. The number of thiazole rings is 1. The molecule has 0 unspecified atom stereocenters. The second-order valence-corrected chi connectivity index (χ2v) is 6.36. The van der Waals surface area contributed by atoms with Crippen LogP contribution in [0.3, 0.4) is 0 Å². The monoisotopic (exact) mass is 366 g/mol. The van der Waals surface area contributed by atoms with E-state index in [-0.39, 0.29) is 5.91 Å². The van der Waals surface area contributed by atoms with Gasteiger partial charge in [-0.3, -0.25) is 10.1 Å². The van der Waals surface area contributed by atoms with Crippen molar-refractivity contribution in [3.63, 3.8) is 0 Å². The molecule has 0 saturated heterocycles. The fraction of sp³-hybridized carbons (Fsp3) is 0.100. The van der Waals surface area contributed by atoms with Crippen LogP contribution in [0.4, 0.5) is 5.13 Å². The number of aromatic nitrogens is 1. The number of hydrogen-bond donors (Lipinski definition) is 1. The average molecular weight is 366 g/mol. The number of benzene rings is 2. The van der Waals surface area contributed by atoms with Gasteiger partial charge in [0.25, 0.3) is 0 Å². The Labute approximate surface area is 155 Å². The maximum Gasteiger partial charge on any atom is 0.250 e. The maximum atomic E-state index is 12.1.